The lowest BCUT2D eigenvalue weighted by Gasteiger charge is -2.07. The van der Waals surface area contributed by atoms with Crippen LogP contribution in [0.2, 0.25) is 5.02 Å². The highest BCUT2D eigenvalue weighted by atomic mass is 35.5. The zero-order valence-corrected chi connectivity index (χ0v) is 10.0. The van der Waals surface area contributed by atoms with E-state index in [0.717, 1.165) is 5.56 Å². The summed E-state index contributed by atoms with van der Waals surface area (Å²) in [6.45, 7) is 0.376. The zero-order chi connectivity index (χ0) is 13.1. The van der Waals surface area contributed by atoms with Crippen LogP contribution in [0, 0.1) is 22.7 Å². The molecule has 0 saturated heterocycles. The Morgan fingerprint density at radius 3 is 2.72 bits per heavy atom. The molecule has 0 atom stereocenters. The molecule has 0 saturated carbocycles. The molecule has 0 fully saturated rings. The van der Waals surface area contributed by atoms with Crippen molar-refractivity contribution in [3.63, 3.8) is 0 Å². The Bertz CT molecular complexity index is 675. The minimum atomic E-state index is 0.116. The standard InChI is InChI=1S/C12H8ClN5/c13-9-2-1-8(10(16)3-9)6-18-7-17-11(4-14)12(18)5-15/h1-3,7H,6,16H2. The molecule has 0 unspecified atom stereocenters. The maximum Gasteiger partial charge on any atom is 0.176 e. The molecule has 1 aromatic carbocycles. The number of nitrogens with zero attached hydrogens (tertiary/aromatic N) is 4. The van der Waals surface area contributed by atoms with Crippen LogP contribution in [0.1, 0.15) is 17.0 Å². The molecule has 0 spiro atoms. The van der Waals surface area contributed by atoms with Gasteiger partial charge in [0.1, 0.15) is 12.1 Å². The Labute approximate surface area is 109 Å². The first-order chi connectivity index (χ1) is 8.65. The lowest BCUT2D eigenvalue weighted by atomic mass is 10.2. The number of rotatable bonds is 2. The van der Waals surface area contributed by atoms with Gasteiger partial charge in [-0.15, -0.1) is 0 Å². The minimum absolute atomic E-state index is 0.116. The largest absolute Gasteiger partial charge is 0.398 e. The average Bonchev–Trinajstić information content (AvgIpc) is 2.74. The van der Waals surface area contributed by atoms with E-state index in [1.165, 1.54) is 6.33 Å². The predicted octanol–water partition coefficient (Wildman–Crippen LogP) is 1.91. The molecule has 88 valence electrons. The molecular weight excluding hydrogens is 250 g/mol. The van der Waals surface area contributed by atoms with Crippen molar-refractivity contribution in [2.75, 3.05) is 5.73 Å². The van der Waals surface area contributed by atoms with E-state index in [2.05, 4.69) is 4.98 Å². The molecule has 2 aromatic rings. The maximum absolute atomic E-state index is 9.00. The molecule has 6 heteroatoms. The van der Waals surface area contributed by atoms with Gasteiger partial charge >= 0.3 is 0 Å². The molecule has 18 heavy (non-hydrogen) atoms. The van der Waals surface area contributed by atoms with Gasteiger partial charge in [-0.05, 0) is 17.7 Å². The molecular formula is C12H8ClN5. The van der Waals surface area contributed by atoms with E-state index < -0.39 is 0 Å². The normalized spacial score (nSPS) is 9.72. The third-order valence-corrected chi connectivity index (χ3v) is 2.73. The highest BCUT2D eigenvalue weighted by Gasteiger charge is 2.11. The summed E-state index contributed by atoms with van der Waals surface area (Å²) in [5, 5.41) is 18.4. The van der Waals surface area contributed by atoms with Gasteiger partial charge in [-0.1, -0.05) is 17.7 Å². The third-order valence-electron chi connectivity index (χ3n) is 2.50. The fourth-order valence-corrected chi connectivity index (χ4v) is 1.78. The van der Waals surface area contributed by atoms with E-state index in [4.69, 9.17) is 27.9 Å². The number of nitriles is 2. The first kappa shape index (κ1) is 12.0. The molecule has 0 aliphatic rings. The van der Waals surface area contributed by atoms with Gasteiger partial charge in [0.05, 0.1) is 12.9 Å². The molecule has 0 bridgehead atoms. The number of hydrogen-bond donors (Lipinski definition) is 1. The summed E-state index contributed by atoms with van der Waals surface area (Å²) in [6, 6.07) is 8.98. The van der Waals surface area contributed by atoms with E-state index in [9.17, 15) is 0 Å². The second-order valence-corrected chi connectivity index (χ2v) is 4.07. The van der Waals surface area contributed by atoms with Crippen molar-refractivity contribution >= 4 is 17.3 Å². The maximum atomic E-state index is 9.00. The number of benzene rings is 1. The molecule has 0 aliphatic heterocycles. The summed E-state index contributed by atoms with van der Waals surface area (Å²) < 4.78 is 1.58. The van der Waals surface area contributed by atoms with Crippen LogP contribution in [0.15, 0.2) is 24.5 Å². The fraction of sp³-hybridized carbons (Fsp3) is 0.0833. The van der Waals surface area contributed by atoms with Gasteiger partial charge in [-0.25, -0.2) is 4.98 Å². The van der Waals surface area contributed by atoms with Crippen LogP contribution in [0.5, 0.6) is 0 Å². The van der Waals surface area contributed by atoms with Crippen LogP contribution in [0.4, 0.5) is 5.69 Å². The smallest absolute Gasteiger partial charge is 0.176 e. The van der Waals surface area contributed by atoms with Crippen molar-refractivity contribution in [2.24, 2.45) is 0 Å². The Kier molecular flexibility index (Phi) is 3.18. The highest BCUT2D eigenvalue weighted by molar-refractivity contribution is 6.30. The summed E-state index contributed by atoms with van der Waals surface area (Å²) in [5.74, 6) is 0. The first-order valence-corrected chi connectivity index (χ1v) is 5.42. The van der Waals surface area contributed by atoms with Crippen molar-refractivity contribution < 1.29 is 0 Å². The third kappa shape index (κ3) is 2.13. The van der Waals surface area contributed by atoms with E-state index in [0.29, 0.717) is 17.3 Å². The number of hydrogen-bond acceptors (Lipinski definition) is 4. The van der Waals surface area contributed by atoms with Crippen LogP contribution < -0.4 is 5.73 Å². The molecule has 5 nitrogen and oxygen atoms in total. The Morgan fingerprint density at radius 1 is 1.33 bits per heavy atom. The van der Waals surface area contributed by atoms with Crippen molar-refractivity contribution in [1.82, 2.24) is 9.55 Å². The Morgan fingerprint density at radius 2 is 2.11 bits per heavy atom. The number of imidazole rings is 1. The molecule has 2 N–H and O–H groups in total. The summed E-state index contributed by atoms with van der Waals surface area (Å²) in [5.41, 5.74) is 7.54. The van der Waals surface area contributed by atoms with E-state index in [1.54, 1.807) is 22.8 Å². The van der Waals surface area contributed by atoms with Crippen molar-refractivity contribution in [2.45, 2.75) is 6.54 Å². The zero-order valence-electron chi connectivity index (χ0n) is 9.26. The molecule has 0 radical (unpaired) electrons. The number of halogens is 1. The molecule has 0 aliphatic carbocycles. The number of nitrogen functional groups attached to an aromatic ring is 1. The monoisotopic (exact) mass is 257 g/mol. The predicted molar refractivity (Wildman–Crippen MR) is 66.6 cm³/mol. The Balaban J connectivity index is 2.38. The molecule has 1 heterocycles. The number of nitrogens with two attached hydrogens (primary N) is 1. The van der Waals surface area contributed by atoms with Gasteiger partial charge in [0.15, 0.2) is 11.4 Å². The molecule has 2 rings (SSSR count). The number of aromatic nitrogens is 2. The quantitative estimate of drug-likeness (QED) is 0.832. The summed E-state index contributed by atoms with van der Waals surface area (Å²) in [7, 11) is 0. The van der Waals surface area contributed by atoms with Crippen LogP contribution in [-0.4, -0.2) is 9.55 Å². The van der Waals surface area contributed by atoms with E-state index in [-0.39, 0.29) is 11.4 Å². The van der Waals surface area contributed by atoms with Crippen molar-refractivity contribution in [1.29, 1.82) is 10.5 Å². The van der Waals surface area contributed by atoms with Gasteiger partial charge in [0.25, 0.3) is 0 Å². The topological polar surface area (TPSA) is 91.4 Å². The van der Waals surface area contributed by atoms with E-state index >= 15 is 0 Å². The van der Waals surface area contributed by atoms with Gasteiger partial charge in [-0.3, -0.25) is 0 Å². The fourth-order valence-electron chi connectivity index (χ4n) is 1.59. The SMILES string of the molecule is N#Cc1ncn(Cc2ccc(Cl)cc2N)c1C#N. The number of anilines is 1. The van der Waals surface area contributed by atoms with Crippen LogP contribution >= 0.6 is 11.6 Å². The average molecular weight is 258 g/mol. The lowest BCUT2D eigenvalue weighted by Crippen LogP contribution is -2.04. The van der Waals surface area contributed by atoms with Crippen LogP contribution in [-0.2, 0) is 6.54 Å². The van der Waals surface area contributed by atoms with Gasteiger partial charge in [0, 0.05) is 10.7 Å². The second-order valence-electron chi connectivity index (χ2n) is 3.64. The first-order valence-electron chi connectivity index (χ1n) is 5.05. The van der Waals surface area contributed by atoms with E-state index in [1.807, 2.05) is 12.1 Å². The second kappa shape index (κ2) is 4.79. The van der Waals surface area contributed by atoms with Gasteiger partial charge in [0.2, 0.25) is 0 Å². The molecule has 1 aromatic heterocycles. The lowest BCUT2D eigenvalue weighted by molar-refractivity contribution is 0.787. The molecule has 0 amide bonds. The van der Waals surface area contributed by atoms with Gasteiger partial charge in [-0.2, -0.15) is 10.5 Å². The van der Waals surface area contributed by atoms with Crippen LogP contribution in [0.3, 0.4) is 0 Å². The van der Waals surface area contributed by atoms with Crippen LogP contribution in [0.25, 0.3) is 0 Å². The minimum Gasteiger partial charge on any atom is -0.398 e. The summed E-state index contributed by atoms with van der Waals surface area (Å²) in [6.07, 6.45) is 1.45. The Hall–Kier alpha value is -2.50. The summed E-state index contributed by atoms with van der Waals surface area (Å²) >= 11 is 5.81. The van der Waals surface area contributed by atoms with Crippen molar-refractivity contribution in [3.8, 4) is 12.1 Å². The van der Waals surface area contributed by atoms with Crippen molar-refractivity contribution in [3.05, 3.63) is 46.5 Å². The highest BCUT2D eigenvalue weighted by Crippen LogP contribution is 2.19. The van der Waals surface area contributed by atoms with Gasteiger partial charge < -0.3 is 10.3 Å². The summed E-state index contributed by atoms with van der Waals surface area (Å²) in [4.78, 5) is 3.86.